The first-order valence-corrected chi connectivity index (χ1v) is 8.68. The number of carbonyl (C=O) groups excluding carboxylic acids is 1. The van der Waals surface area contributed by atoms with Gasteiger partial charge in [-0.1, -0.05) is 30.3 Å². The molecule has 1 atom stereocenters. The average Bonchev–Trinajstić information content (AvgIpc) is 3.33. The molecule has 0 spiro atoms. The number of hydrogen-bond acceptors (Lipinski definition) is 5. The van der Waals surface area contributed by atoms with Crippen LogP contribution >= 0.6 is 0 Å². The molecule has 4 rings (SSSR count). The van der Waals surface area contributed by atoms with Crippen LogP contribution in [0.25, 0.3) is 0 Å². The van der Waals surface area contributed by atoms with Crippen LogP contribution in [0, 0.1) is 0 Å². The largest absolute Gasteiger partial charge is 0.481 e. The van der Waals surface area contributed by atoms with E-state index in [0.717, 1.165) is 16.8 Å². The Labute approximate surface area is 155 Å². The number of benzene rings is 2. The summed E-state index contributed by atoms with van der Waals surface area (Å²) >= 11 is 0. The van der Waals surface area contributed by atoms with E-state index in [9.17, 15) is 9.59 Å². The molecule has 1 N–H and O–H groups in total. The second-order valence-electron chi connectivity index (χ2n) is 6.38. The van der Waals surface area contributed by atoms with Crippen molar-refractivity contribution in [1.29, 1.82) is 0 Å². The second-order valence-corrected chi connectivity index (χ2v) is 6.38. The van der Waals surface area contributed by atoms with Gasteiger partial charge in [0.05, 0.1) is 18.2 Å². The number of carbonyl (C=O) groups is 2. The molecule has 7 nitrogen and oxygen atoms in total. The van der Waals surface area contributed by atoms with Crippen LogP contribution in [-0.2, 0) is 9.59 Å². The molecule has 0 saturated heterocycles. The fourth-order valence-corrected chi connectivity index (χ4v) is 3.25. The average molecular weight is 366 g/mol. The van der Waals surface area contributed by atoms with Crippen LogP contribution < -0.4 is 9.47 Å². The number of amides is 1. The van der Waals surface area contributed by atoms with E-state index in [4.69, 9.17) is 14.6 Å². The van der Waals surface area contributed by atoms with E-state index in [2.05, 4.69) is 5.10 Å². The molecule has 27 heavy (non-hydrogen) atoms. The fraction of sp³-hybridized carbons (Fsp3) is 0.250. The summed E-state index contributed by atoms with van der Waals surface area (Å²) in [6, 6.07) is 14.9. The van der Waals surface area contributed by atoms with E-state index in [1.165, 1.54) is 5.01 Å². The van der Waals surface area contributed by atoms with Gasteiger partial charge in [-0.15, -0.1) is 0 Å². The molecule has 0 fully saturated rings. The highest BCUT2D eigenvalue weighted by Gasteiger charge is 2.33. The third kappa shape index (κ3) is 3.48. The molecule has 2 aliphatic heterocycles. The third-order valence-corrected chi connectivity index (χ3v) is 4.61. The predicted octanol–water partition coefficient (Wildman–Crippen LogP) is 2.96. The molecule has 2 aliphatic rings. The molecule has 7 heteroatoms. The van der Waals surface area contributed by atoms with Crippen molar-refractivity contribution < 1.29 is 24.2 Å². The standard InChI is InChI=1S/C20H18N2O5/c23-19(8-9-20(24)25)22-16(13-4-2-1-3-5-13)11-15(21-22)14-6-7-17-18(10-14)27-12-26-17/h1-7,10,16H,8-9,11-12H2,(H,24,25)/t16-/m0/s1. The molecule has 0 aromatic heterocycles. The molecule has 0 radical (unpaired) electrons. The zero-order valence-electron chi connectivity index (χ0n) is 14.5. The lowest BCUT2D eigenvalue weighted by molar-refractivity contribution is -0.141. The normalized spacial score (nSPS) is 17.7. The van der Waals surface area contributed by atoms with Crippen molar-refractivity contribution >= 4 is 17.6 Å². The molecule has 2 aromatic rings. The van der Waals surface area contributed by atoms with Gasteiger partial charge in [-0.3, -0.25) is 9.59 Å². The summed E-state index contributed by atoms with van der Waals surface area (Å²) in [4.78, 5) is 23.4. The van der Waals surface area contributed by atoms with Crippen molar-refractivity contribution in [3.63, 3.8) is 0 Å². The monoisotopic (exact) mass is 366 g/mol. The van der Waals surface area contributed by atoms with Crippen molar-refractivity contribution in [2.75, 3.05) is 6.79 Å². The minimum absolute atomic E-state index is 0.0867. The summed E-state index contributed by atoms with van der Waals surface area (Å²) in [5, 5.41) is 14.8. The van der Waals surface area contributed by atoms with Gasteiger partial charge in [-0.05, 0) is 23.8 Å². The Morgan fingerprint density at radius 1 is 1.07 bits per heavy atom. The Balaban J connectivity index is 1.63. The van der Waals surface area contributed by atoms with Crippen LogP contribution in [-0.4, -0.2) is 34.5 Å². The molecule has 0 bridgehead atoms. The smallest absolute Gasteiger partial charge is 0.303 e. The van der Waals surface area contributed by atoms with Crippen molar-refractivity contribution in [1.82, 2.24) is 5.01 Å². The third-order valence-electron chi connectivity index (χ3n) is 4.61. The minimum Gasteiger partial charge on any atom is -0.481 e. The van der Waals surface area contributed by atoms with Crippen molar-refractivity contribution in [2.45, 2.75) is 25.3 Å². The molecular weight excluding hydrogens is 348 g/mol. The maximum Gasteiger partial charge on any atom is 0.303 e. The van der Waals surface area contributed by atoms with Crippen LogP contribution in [0.3, 0.4) is 0 Å². The summed E-state index contributed by atoms with van der Waals surface area (Å²) in [6.07, 6.45) is 0.241. The van der Waals surface area contributed by atoms with E-state index in [1.807, 2.05) is 48.5 Å². The maximum absolute atomic E-state index is 12.6. The van der Waals surface area contributed by atoms with Crippen molar-refractivity contribution in [3.05, 3.63) is 59.7 Å². The molecule has 1 amide bonds. The lowest BCUT2D eigenvalue weighted by Crippen LogP contribution is -2.27. The maximum atomic E-state index is 12.6. The number of rotatable bonds is 5. The first-order valence-electron chi connectivity index (χ1n) is 8.68. The number of carboxylic acid groups (broad SMARTS) is 1. The lowest BCUT2D eigenvalue weighted by atomic mass is 9.98. The zero-order valence-corrected chi connectivity index (χ0v) is 14.5. The zero-order chi connectivity index (χ0) is 18.8. The van der Waals surface area contributed by atoms with E-state index >= 15 is 0 Å². The molecule has 0 saturated carbocycles. The molecule has 2 aromatic carbocycles. The highest BCUT2D eigenvalue weighted by atomic mass is 16.7. The van der Waals surface area contributed by atoms with Gasteiger partial charge in [0.2, 0.25) is 12.7 Å². The van der Waals surface area contributed by atoms with Gasteiger partial charge in [-0.2, -0.15) is 5.10 Å². The number of hydrazone groups is 1. The summed E-state index contributed by atoms with van der Waals surface area (Å²) in [7, 11) is 0. The molecule has 0 unspecified atom stereocenters. The first-order chi connectivity index (χ1) is 13.1. The van der Waals surface area contributed by atoms with Gasteiger partial charge in [0.15, 0.2) is 11.5 Å². The van der Waals surface area contributed by atoms with Crippen molar-refractivity contribution in [2.24, 2.45) is 5.10 Å². The van der Waals surface area contributed by atoms with E-state index < -0.39 is 5.97 Å². The predicted molar refractivity (Wildman–Crippen MR) is 96.6 cm³/mol. The minimum atomic E-state index is -1.00. The quantitative estimate of drug-likeness (QED) is 0.879. The molecule has 2 heterocycles. The van der Waals surface area contributed by atoms with Crippen LogP contribution in [0.4, 0.5) is 0 Å². The number of fused-ring (bicyclic) bond motifs is 1. The Morgan fingerprint density at radius 2 is 1.85 bits per heavy atom. The number of aliphatic carboxylic acids is 1. The molecule has 138 valence electrons. The summed E-state index contributed by atoms with van der Waals surface area (Å²) in [5.74, 6) is 0.0363. The second kappa shape index (κ2) is 7.11. The number of carboxylic acids is 1. The van der Waals surface area contributed by atoms with Gasteiger partial charge in [0.25, 0.3) is 0 Å². The van der Waals surface area contributed by atoms with Gasteiger partial charge in [0, 0.05) is 18.4 Å². The van der Waals surface area contributed by atoms with Crippen LogP contribution in [0.1, 0.15) is 36.4 Å². The van der Waals surface area contributed by atoms with Crippen LogP contribution in [0.5, 0.6) is 11.5 Å². The summed E-state index contributed by atoms with van der Waals surface area (Å²) in [6.45, 7) is 0.192. The Hall–Kier alpha value is -3.35. The van der Waals surface area contributed by atoms with E-state index in [0.29, 0.717) is 17.9 Å². The highest BCUT2D eigenvalue weighted by Crippen LogP contribution is 2.37. The molecule has 0 aliphatic carbocycles. The first kappa shape index (κ1) is 17.1. The van der Waals surface area contributed by atoms with E-state index in [1.54, 1.807) is 0 Å². The van der Waals surface area contributed by atoms with Crippen LogP contribution in [0.2, 0.25) is 0 Å². The van der Waals surface area contributed by atoms with Crippen LogP contribution in [0.15, 0.2) is 53.6 Å². The SMILES string of the molecule is O=C(O)CCC(=O)N1N=C(c2ccc3c(c2)OCO3)C[C@H]1c1ccccc1. The highest BCUT2D eigenvalue weighted by molar-refractivity contribution is 6.03. The summed E-state index contributed by atoms with van der Waals surface area (Å²) < 4.78 is 10.8. The summed E-state index contributed by atoms with van der Waals surface area (Å²) in [5.41, 5.74) is 2.57. The van der Waals surface area contributed by atoms with Crippen molar-refractivity contribution in [3.8, 4) is 11.5 Å². The number of ether oxygens (including phenoxy) is 2. The van der Waals surface area contributed by atoms with Gasteiger partial charge < -0.3 is 14.6 Å². The van der Waals surface area contributed by atoms with Gasteiger partial charge in [0.1, 0.15) is 0 Å². The Morgan fingerprint density at radius 3 is 2.63 bits per heavy atom. The number of hydrogen-bond donors (Lipinski definition) is 1. The Kier molecular flexibility index (Phi) is 4.50. The van der Waals surface area contributed by atoms with E-state index in [-0.39, 0.29) is 31.6 Å². The van der Waals surface area contributed by atoms with Gasteiger partial charge >= 0.3 is 5.97 Å². The Bertz CT molecular complexity index is 910. The molecular formula is C20H18N2O5. The fourth-order valence-electron chi connectivity index (χ4n) is 3.25. The topological polar surface area (TPSA) is 88.4 Å². The lowest BCUT2D eigenvalue weighted by Gasteiger charge is -2.21. The van der Waals surface area contributed by atoms with Gasteiger partial charge in [-0.25, -0.2) is 5.01 Å². The number of nitrogens with zero attached hydrogens (tertiary/aromatic N) is 2.